The number of nitrogens with one attached hydrogen (secondary N) is 1. The van der Waals surface area contributed by atoms with Gasteiger partial charge in [0.1, 0.15) is 0 Å². The first-order valence-corrected chi connectivity index (χ1v) is 7.59. The molecule has 0 fully saturated rings. The third kappa shape index (κ3) is 2.88. The lowest BCUT2D eigenvalue weighted by molar-refractivity contribution is 0.632. The third-order valence-corrected chi connectivity index (χ3v) is 4.71. The summed E-state index contributed by atoms with van der Waals surface area (Å²) in [5.74, 6) is 0. The standard InChI is InChI=1S/C16H22N2S/c1-6-17-15(16-12(4)18-13(5)19-16)14-9-7-8-10(2)11(14)3/h7-9,15,17H,6H2,1-5H3. The van der Waals surface area contributed by atoms with Crippen LogP contribution in [-0.4, -0.2) is 11.5 Å². The number of rotatable bonds is 4. The maximum atomic E-state index is 4.57. The van der Waals surface area contributed by atoms with Crippen LogP contribution in [0.15, 0.2) is 18.2 Å². The Morgan fingerprint density at radius 2 is 1.95 bits per heavy atom. The zero-order valence-electron chi connectivity index (χ0n) is 12.4. The van der Waals surface area contributed by atoms with Crippen LogP contribution in [0.3, 0.4) is 0 Å². The molecule has 2 nitrogen and oxygen atoms in total. The topological polar surface area (TPSA) is 24.9 Å². The summed E-state index contributed by atoms with van der Waals surface area (Å²) in [5.41, 5.74) is 5.24. The van der Waals surface area contributed by atoms with E-state index in [9.17, 15) is 0 Å². The molecule has 0 amide bonds. The van der Waals surface area contributed by atoms with Crippen LogP contribution in [-0.2, 0) is 0 Å². The Hall–Kier alpha value is -1.19. The van der Waals surface area contributed by atoms with E-state index in [1.165, 1.54) is 21.6 Å². The molecule has 0 spiro atoms. The monoisotopic (exact) mass is 274 g/mol. The minimum Gasteiger partial charge on any atom is -0.306 e. The van der Waals surface area contributed by atoms with Gasteiger partial charge in [-0.3, -0.25) is 0 Å². The Morgan fingerprint density at radius 1 is 1.21 bits per heavy atom. The highest BCUT2D eigenvalue weighted by Gasteiger charge is 2.20. The Bertz CT molecular complexity index is 572. The van der Waals surface area contributed by atoms with Gasteiger partial charge in [0.05, 0.1) is 16.7 Å². The van der Waals surface area contributed by atoms with Crippen molar-refractivity contribution < 1.29 is 0 Å². The predicted octanol–water partition coefficient (Wildman–Crippen LogP) is 4.08. The maximum Gasteiger partial charge on any atom is 0.0900 e. The Balaban J connectivity index is 2.51. The zero-order chi connectivity index (χ0) is 14.0. The second-order valence-electron chi connectivity index (χ2n) is 4.96. The summed E-state index contributed by atoms with van der Waals surface area (Å²) >= 11 is 1.80. The van der Waals surface area contributed by atoms with Crippen LogP contribution in [0.4, 0.5) is 0 Å². The van der Waals surface area contributed by atoms with E-state index in [2.05, 4.69) is 63.1 Å². The Kier molecular flexibility index (Phi) is 4.38. The molecule has 1 unspecified atom stereocenters. The van der Waals surface area contributed by atoms with Crippen LogP contribution in [0.25, 0.3) is 0 Å². The normalized spacial score (nSPS) is 12.7. The van der Waals surface area contributed by atoms with Crippen molar-refractivity contribution in [2.24, 2.45) is 0 Å². The first-order chi connectivity index (χ1) is 9.04. The van der Waals surface area contributed by atoms with Crippen molar-refractivity contribution in [2.75, 3.05) is 6.54 Å². The molecule has 0 aliphatic rings. The van der Waals surface area contributed by atoms with Crippen LogP contribution in [0.2, 0.25) is 0 Å². The summed E-state index contributed by atoms with van der Waals surface area (Å²) in [5, 5.41) is 4.75. The van der Waals surface area contributed by atoms with Gasteiger partial charge in [0.15, 0.2) is 0 Å². The van der Waals surface area contributed by atoms with Gasteiger partial charge in [0.25, 0.3) is 0 Å². The van der Waals surface area contributed by atoms with Crippen LogP contribution >= 0.6 is 11.3 Å². The molecule has 1 aromatic carbocycles. The van der Waals surface area contributed by atoms with Gasteiger partial charge in [-0.25, -0.2) is 4.98 Å². The van der Waals surface area contributed by atoms with Crippen molar-refractivity contribution in [1.29, 1.82) is 0 Å². The lowest BCUT2D eigenvalue weighted by atomic mass is 9.96. The number of benzene rings is 1. The number of thiazole rings is 1. The van der Waals surface area contributed by atoms with E-state index < -0.39 is 0 Å². The van der Waals surface area contributed by atoms with Gasteiger partial charge in [-0.1, -0.05) is 25.1 Å². The molecule has 19 heavy (non-hydrogen) atoms. The Labute approximate surface area is 119 Å². The van der Waals surface area contributed by atoms with E-state index in [4.69, 9.17) is 0 Å². The van der Waals surface area contributed by atoms with E-state index >= 15 is 0 Å². The predicted molar refractivity (Wildman–Crippen MR) is 83.0 cm³/mol. The molecule has 102 valence electrons. The Morgan fingerprint density at radius 3 is 2.53 bits per heavy atom. The second-order valence-corrected chi connectivity index (χ2v) is 6.20. The lowest BCUT2D eigenvalue weighted by Crippen LogP contribution is -2.22. The fraction of sp³-hybridized carbons (Fsp3) is 0.438. The minimum atomic E-state index is 0.260. The summed E-state index contributed by atoms with van der Waals surface area (Å²) < 4.78 is 0. The highest BCUT2D eigenvalue weighted by Crippen LogP contribution is 2.32. The molecule has 0 saturated heterocycles. The highest BCUT2D eigenvalue weighted by molar-refractivity contribution is 7.11. The molecule has 1 N–H and O–H groups in total. The van der Waals surface area contributed by atoms with Crippen LogP contribution in [0, 0.1) is 27.7 Å². The second kappa shape index (κ2) is 5.85. The number of hydrogen-bond acceptors (Lipinski definition) is 3. The molecule has 0 radical (unpaired) electrons. The van der Waals surface area contributed by atoms with Crippen molar-refractivity contribution in [3.63, 3.8) is 0 Å². The average Bonchev–Trinajstić information content (AvgIpc) is 2.69. The van der Waals surface area contributed by atoms with Crippen molar-refractivity contribution in [3.8, 4) is 0 Å². The largest absolute Gasteiger partial charge is 0.306 e. The van der Waals surface area contributed by atoms with Crippen molar-refractivity contribution in [1.82, 2.24) is 10.3 Å². The molecular weight excluding hydrogens is 252 g/mol. The van der Waals surface area contributed by atoms with E-state index in [0.29, 0.717) is 0 Å². The minimum absolute atomic E-state index is 0.260. The number of nitrogens with zero attached hydrogens (tertiary/aromatic N) is 1. The fourth-order valence-corrected chi connectivity index (χ4v) is 3.47. The lowest BCUT2D eigenvalue weighted by Gasteiger charge is -2.20. The maximum absolute atomic E-state index is 4.57. The summed E-state index contributed by atoms with van der Waals surface area (Å²) in [6, 6.07) is 6.80. The molecular formula is C16H22N2S. The van der Waals surface area contributed by atoms with E-state index in [0.717, 1.165) is 17.2 Å². The molecule has 0 saturated carbocycles. The molecule has 1 atom stereocenters. The van der Waals surface area contributed by atoms with Crippen LogP contribution in [0.5, 0.6) is 0 Å². The van der Waals surface area contributed by atoms with Gasteiger partial charge < -0.3 is 5.32 Å². The van der Waals surface area contributed by atoms with E-state index in [1.54, 1.807) is 11.3 Å². The quantitative estimate of drug-likeness (QED) is 0.909. The molecule has 0 aliphatic carbocycles. The van der Waals surface area contributed by atoms with Gasteiger partial charge in [-0.05, 0) is 50.9 Å². The van der Waals surface area contributed by atoms with Crippen molar-refractivity contribution >= 4 is 11.3 Å². The average molecular weight is 274 g/mol. The number of aromatic nitrogens is 1. The molecule has 0 aliphatic heterocycles. The summed E-state index contributed by atoms with van der Waals surface area (Å²) in [4.78, 5) is 5.91. The number of aryl methyl sites for hydroxylation is 3. The molecule has 2 rings (SSSR count). The first-order valence-electron chi connectivity index (χ1n) is 6.78. The first kappa shape index (κ1) is 14.2. The fourth-order valence-electron chi connectivity index (χ4n) is 2.45. The van der Waals surface area contributed by atoms with Gasteiger partial charge in [-0.15, -0.1) is 11.3 Å². The third-order valence-electron chi connectivity index (χ3n) is 3.57. The van der Waals surface area contributed by atoms with E-state index in [-0.39, 0.29) is 6.04 Å². The summed E-state index contributed by atoms with van der Waals surface area (Å²) in [6.45, 7) is 11.7. The van der Waals surface area contributed by atoms with Gasteiger partial charge >= 0.3 is 0 Å². The zero-order valence-corrected chi connectivity index (χ0v) is 13.2. The van der Waals surface area contributed by atoms with Crippen molar-refractivity contribution in [3.05, 3.63) is 50.5 Å². The molecule has 1 heterocycles. The molecule has 3 heteroatoms. The van der Waals surface area contributed by atoms with E-state index in [1.807, 2.05) is 0 Å². The highest BCUT2D eigenvalue weighted by atomic mass is 32.1. The van der Waals surface area contributed by atoms with Crippen LogP contribution in [0.1, 0.15) is 45.2 Å². The summed E-state index contributed by atoms with van der Waals surface area (Å²) in [7, 11) is 0. The van der Waals surface area contributed by atoms with Gasteiger partial charge in [0.2, 0.25) is 0 Å². The molecule has 0 bridgehead atoms. The molecule has 1 aromatic heterocycles. The van der Waals surface area contributed by atoms with Gasteiger partial charge in [0, 0.05) is 4.88 Å². The summed E-state index contributed by atoms with van der Waals surface area (Å²) in [6.07, 6.45) is 0. The van der Waals surface area contributed by atoms with Gasteiger partial charge in [-0.2, -0.15) is 0 Å². The van der Waals surface area contributed by atoms with Crippen molar-refractivity contribution in [2.45, 2.75) is 40.7 Å². The SMILES string of the molecule is CCNC(c1cccc(C)c1C)c1sc(C)nc1C. The smallest absolute Gasteiger partial charge is 0.0900 e. The van der Waals surface area contributed by atoms with Crippen LogP contribution < -0.4 is 5.32 Å². The molecule has 2 aromatic rings. The number of hydrogen-bond donors (Lipinski definition) is 1.